The summed E-state index contributed by atoms with van der Waals surface area (Å²) in [5, 5.41) is 10.3. The molecule has 0 spiro atoms. The summed E-state index contributed by atoms with van der Waals surface area (Å²) < 4.78 is 19.9. The summed E-state index contributed by atoms with van der Waals surface area (Å²) in [6, 6.07) is 3.94. The lowest BCUT2D eigenvalue weighted by molar-refractivity contribution is 0.0286. The lowest BCUT2D eigenvalue weighted by Crippen LogP contribution is -2.27. The Morgan fingerprint density at radius 1 is 1.46 bits per heavy atom. The van der Waals surface area contributed by atoms with E-state index >= 15 is 0 Å². The highest BCUT2D eigenvalue weighted by Crippen LogP contribution is 2.36. The Hall–Kier alpha value is -1.64. The second kappa shape index (κ2) is 7.08. The van der Waals surface area contributed by atoms with Crippen molar-refractivity contribution in [3.63, 3.8) is 0 Å². The number of thiophene rings is 1. The molecule has 0 aliphatic carbocycles. The first-order valence-corrected chi connectivity index (χ1v) is 8.73. The number of nitrogens with zero attached hydrogens (tertiary/aromatic N) is 1. The molecule has 0 aliphatic rings. The summed E-state index contributed by atoms with van der Waals surface area (Å²) in [5.74, 6) is -0.0514. The number of ether oxygens (including phenoxy) is 1. The van der Waals surface area contributed by atoms with Gasteiger partial charge in [0.05, 0.1) is 20.0 Å². The third-order valence-corrected chi connectivity index (χ3v) is 5.11. The number of aliphatic hydroxyl groups is 1. The Morgan fingerprint density at radius 2 is 2.12 bits per heavy atom. The van der Waals surface area contributed by atoms with Crippen LogP contribution in [-0.4, -0.2) is 23.2 Å². The van der Waals surface area contributed by atoms with Crippen molar-refractivity contribution >= 4 is 43.8 Å². The average molecular weight is 416 g/mol. The van der Waals surface area contributed by atoms with Crippen LogP contribution >= 0.6 is 27.3 Å². The number of benzene rings is 1. The lowest BCUT2D eigenvalue weighted by atomic mass is 10.1. The van der Waals surface area contributed by atoms with Crippen LogP contribution in [0.3, 0.4) is 0 Å². The number of nitrogen functional groups attached to an aromatic ring is 1. The molecule has 0 amide bonds. The van der Waals surface area contributed by atoms with Gasteiger partial charge in [-0.05, 0) is 54.4 Å². The predicted molar refractivity (Wildman–Crippen MR) is 99.7 cm³/mol. The zero-order valence-electron chi connectivity index (χ0n) is 13.6. The number of aliphatic imine (C=N–C) groups is 1. The van der Waals surface area contributed by atoms with E-state index in [-0.39, 0.29) is 18.2 Å². The van der Waals surface area contributed by atoms with Crippen molar-refractivity contribution in [3.05, 3.63) is 38.9 Å². The highest BCUT2D eigenvalue weighted by molar-refractivity contribution is 9.11. The molecule has 2 aromatic rings. The number of hydrogen-bond acceptors (Lipinski definition) is 5. The second-order valence-corrected chi connectivity index (χ2v) is 8.32. The van der Waals surface area contributed by atoms with E-state index in [1.165, 1.54) is 29.5 Å². The number of nitrogens with two attached hydrogens (primary N) is 2. The van der Waals surface area contributed by atoms with Gasteiger partial charge in [-0.1, -0.05) is 0 Å². The largest absolute Gasteiger partial charge is 0.488 e. The minimum atomic E-state index is -1.06. The zero-order chi connectivity index (χ0) is 18.1. The molecule has 0 fully saturated rings. The van der Waals surface area contributed by atoms with Gasteiger partial charge in [0.25, 0.3) is 0 Å². The number of rotatable bonds is 5. The molecule has 130 valence electrons. The number of hydrogen-bond donors (Lipinski definition) is 3. The maximum atomic E-state index is 13.5. The molecule has 1 heterocycles. The maximum Gasteiger partial charge on any atom is 0.148 e. The third-order valence-electron chi connectivity index (χ3n) is 3.12. The highest BCUT2D eigenvalue weighted by atomic mass is 79.9. The first kappa shape index (κ1) is 18.7. The monoisotopic (exact) mass is 415 g/mol. The maximum absolute atomic E-state index is 13.5. The van der Waals surface area contributed by atoms with Gasteiger partial charge in [0, 0.05) is 6.07 Å². The highest BCUT2D eigenvalue weighted by Gasteiger charge is 2.17. The minimum absolute atomic E-state index is 0.00988. The molecule has 5 nitrogen and oxygen atoms in total. The topological polar surface area (TPSA) is 93.9 Å². The average Bonchev–Trinajstić information content (AvgIpc) is 2.71. The van der Waals surface area contributed by atoms with Crippen molar-refractivity contribution in [1.29, 1.82) is 0 Å². The van der Waals surface area contributed by atoms with Crippen molar-refractivity contribution in [3.8, 4) is 5.75 Å². The van der Waals surface area contributed by atoms with Crippen LogP contribution in [0.1, 0.15) is 25.0 Å². The molecule has 8 heteroatoms. The molecule has 0 aliphatic heterocycles. The number of anilines is 1. The van der Waals surface area contributed by atoms with Gasteiger partial charge in [-0.2, -0.15) is 0 Å². The predicted octanol–water partition coefficient (Wildman–Crippen LogP) is 3.73. The quantitative estimate of drug-likeness (QED) is 0.512. The van der Waals surface area contributed by atoms with Gasteiger partial charge in [0.2, 0.25) is 0 Å². The zero-order valence-corrected chi connectivity index (χ0v) is 16.0. The van der Waals surface area contributed by atoms with E-state index in [0.29, 0.717) is 16.3 Å². The number of amidine groups is 1. The lowest BCUT2D eigenvalue weighted by Gasteiger charge is -2.18. The first-order valence-electron chi connectivity index (χ1n) is 7.12. The van der Waals surface area contributed by atoms with Crippen LogP contribution in [0.2, 0.25) is 0 Å². The summed E-state index contributed by atoms with van der Waals surface area (Å²) in [6.07, 6.45) is 0. The van der Waals surface area contributed by atoms with Crippen molar-refractivity contribution in [2.75, 3.05) is 12.3 Å². The fourth-order valence-electron chi connectivity index (χ4n) is 1.96. The van der Waals surface area contributed by atoms with Gasteiger partial charge in [-0.15, -0.1) is 11.3 Å². The van der Waals surface area contributed by atoms with E-state index in [9.17, 15) is 9.50 Å². The van der Waals surface area contributed by atoms with E-state index in [1.807, 2.05) is 6.92 Å². The molecule has 2 rings (SSSR count). The molecule has 0 saturated carbocycles. The molecule has 0 radical (unpaired) electrons. The van der Waals surface area contributed by atoms with Crippen LogP contribution in [0.4, 0.5) is 15.1 Å². The first-order chi connectivity index (χ1) is 11.1. The van der Waals surface area contributed by atoms with Crippen LogP contribution in [0, 0.1) is 12.7 Å². The third kappa shape index (κ3) is 4.46. The summed E-state index contributed by atoms with van der Waals surface area (Å²) in [6.45, 7) is 5.06. The Kier molecular flexibility index (Phi) is 5.52. The van der Waals surface area contributed by atoms with Crippen molar-refractivity contribution in [2.24, 2.45) is 10.7 Å². The fourth-order valence-corrected chi connectivity index (χ4v) is 3.49. The van der Waals surface area contributed by atoms with Crippen molar-refractivity contribution in [2.45, 2.75) is 26.4 Å². The molecular formula is C16H19BrFN3O2S. The SMILES string of the molecule is Cc1c(Br)sc(N)c1C(N)=Nc1ccc(F)cc1OCC(C)(C)O. The molecule has 5 N–H and O–H groups in total. The Labute approximate surface area is 152 Å². The standard InChI is InChI=1S/C16H19BrFN3O2S/c1-8-12(15(20)24-13(8)17)14(19)21-10-5-4-9(18)6-11(10)23-7-16(2,3)22/h4-6,22H,7,20H2,1-3H3,(H2,19,21). The van der Waals surface area contributed by atoms with Crippen LogP contribution in [0.15, 0.2) is 27.0 Å². The van der Waals surface area contributed by atoms with Gasteiger partial charge in [0.15, 0.2) is 0 Å². The van der Waals surface area contributed by atoms with Gasteiger partial charge in [0.1, 0.15) is 29.7 Å². The number of halogens is 2. The van der Waals surface area contributed by atoms with E-state index in [4.69, 9.17) is 16.2 Å². The minimum Gasteiger partial charge on any atom is -0.488 e. The van der Waals surface area contributed by atoms with Crippen molar-refractivity contribution in [1.82, 2.24) is 0 Å². The van der Waals surface area contributed by atoms with E-state index < -0.39 is 11.4 Å². The van der Waals surface area contributed by atoms with Crippen LogP contribution in [0.25, 0.3) is 0 Å². The van der Waals surface area contributed by atoms with Gasteiger partial charge in [-0.3, -0.25) is 0 Å². The smallest absolute Gasteiger partial charge is 0.148 e. The Balaban J connectivity index is 2.41. The second-order valence-electron chi connectivity index (χ2n) is 5.95. The van der Waals surface area contributed by atoms with E-state index in [0.717, 1.165) is 9.35 Å². The molecule has 0 bridgehead atoms. The van der Waals surface area contributed by atoms with Crippen molar-refractivity contribution < 1.29 is 14.2 Å². The van der Waals surface area contributed by atoms with Gasteiger partial charge in [-0.25, -0.2) is 9.38 Å². The molecule has 24 heavy (non-hydrogen) atoms. The Bertz CT molecular complexity index is 784. The Morgan fingerprint density at radius 3 is 2.67 bits per heavy atom. The molecule has 1 aromatic carbocycles. The van der Waals surface area contributed by atoms with Crippen LogP contribution in [-0.2, 0) is 0 Å². The summed E-state index contributed by atoms with van der Waals surface area (Å²) in [5.41, 5.74) is 12.9. The van der Waals surface area contributed by atoms with E-state index in [2.05, 4.69) is 20.9 Å². The van der Waals surface area contributed by atoms with Gasteiger partial charge < -0.3 is 21.3 Å². The normalized spacial score (nSPS) is 12.5. The molecule has 0 saturated heterocycles. The molecule has 0 unspecified atom stereocenters. The fraction of sp³-hybridized carbons (Fsp3) is 0.312. The molecular weight excluding hydrogens is 397 g/mol. The molecule has 0 atom stereocenters. The molecule has 1 aromatic heterocycles. The van der Waals surface area contributed by atoms with E-state index in [1.54, 1.807) is 13.8 Å². The summed E-state index contributed by atoms with van der Waals surface area (Å²) >= 11 is 4.78. The summed E-state index contributed by atoms with van der Waals surface area (Å²) in [4.78, 5) is 4.33. The van der Waals surface area contributed by atoms with Crippen LogP contribution in [0.5, 0.6) is 5.75 Å². The van der Waals surface area contributed by atoms with Gasteiger partial charge >= 0.3 is 0 Å². The summed E-state index contributed by atoms with van der Waals surface area (Å²) in [7, 11) is 0. The van der Waals surface area contributed by atoms with Crippen LogP contribution < -0.4 is 16.2 Å².